The van der Waals surface area contributed by atoms with Gasteiger partial charge in [0.05, 0.1) is 12.1 Å². The van der Waals surface area contributed by atoms with E-state index in [1.807, 2.05) is 6.92 Å². The normalized spacial score (nSPS) is 18.3. The van der Waals surface area contributed by atoms with E-state index >= 15 is 0 Å². The van der Waals surface area contributed by atoms with Gasteiger partial charge in [-0.1, -0.05) is 0 Å². The summed E-state index contributed by atoms with van der Waals surface area (Å²) in [6.07, 6.45) is 1.37. The van der Waals surface area contributed by atoms with Crippen molar-refractivity contribution in [1.29, 1.82) is 0 Å². The molecule has 4 N–H and O–H groups in total. The SMILES string of the molecule is CN[C@H](C)[C@@H](O)CC[C@@H](N)C=O. The lowest BCUT2D eigenvalue weighted by atomic mass is 10.0. The number of carbonyl (C=O) groups excluding carboxylic acids is 1. The molecule has 0 aliphatic rings. The standard InChI is InChI=1S/C8H18N2O2/c1-6(10-2)8(12)4-3-7(9)5-11/h5-8,10,12H,3-4,9H2,1-2H3/t6-,7-,8+/m1/s1. The fourth-order valence-corrected chi connectivity index (χ4v) is 0.874. The third-order valence-corrected chi connectivity index (χ3v) is 2.00. The van der Waals surface area contributed by atoms with Gasteiger partial charge in [-0.25, -0.2) is 0 Å². The highest BCUT2D eigenvalue weighted by Crippen LogP contribution is 2.02. The van der Waals surface area contributed by atoms with Gasteiger partial charge in [0.15, 0.2) is 0 Å². The van der Waals surface area contributed by atoms with E-state index in [0.717, 1.165) is 0 Å². The van der Waals surface area contributed by atoms with Gasteiger partial charge in [0.25, 0.3) is 0 Å². The Morgan fingerprint density at radius 1 is 1.58 bits per heavy atom. The number of hydrogen-bond acceptors (Lipinski definition) is 4. The zero-order valence-electron chi connectivity index (χ0n) is 7.66. The van der Waals surface area contributed by atoms with Gasteiger partial charge in [0.2, 0.25) is 0 Å². The van der Waals surface area contributed by atoms with Gasteiger partial charge < -0.3 is 21.0 Å². The smallest absolute Gasteiger partial charge is 0.136 e. The summed E-state index contributed by atoms with van der Waals surface area (Å²) in [6.45, 7) is 1.89. The van der Waals surface area contributed by atoms with Crippen molar-refractivity contribution < 1.29 is 9.90 Å². The number of nitrogens with one attached hydrogen (secondary N) is 1. The molecule has 72 valence electrons. The first-order valence-corrected chi connectivity index (χ1v) is 4.18. The van der Waals surface area contributed by atoms with Crippen LogP contribution in [0.5, 0.6) is 0 Å². The number of aliphatic hydroxyl groups is 1. The molecule has 0 saturated heterocycles. The van der Waals surface area contributed by atoms with Crippen LogP contribution < -0.4 is 11.1 Å². The van der Waals surface area contributed by atoms with Crippen LogP contribution in [0.2, 0.25) is 0 Å². The molecule has 0 fully saturated rings. The minimum atomic E-state index is -0.441. The summed E-state index contributed by atoms with van der Waals surface area (Å²) in [5.41, 5.74) is 5.36. The number of hydrogen-bond donors (Lipinski definition) is 3. The molecule has 4 nitrogen and oxygen atoms in total. The second-order valence-electron chi connectivity index (χ2n) is 3.02. The Morgan fingerprint density at radius 2 is 2.17 bits per heavy atom. The van der Waals surface area contributed by atoms with Gasteiger partial charge in [-0.15, -0.1) is 0 Å². The van der Waals surface area contributed by atoms with Crippen LogP contribution in [-0.4, -0.2) is 36.6 Å². The van der Waals surface area contributed by atoms with E-state index in [1.54, 1.807) is 7.05 Å². The second kappa shape index (κ2) is 6.11. The lowest BCUT2D eigenvalue weighted by Crippen LogP contribution is -2.36. The van der Waals surface area contributed by atoms with Crippen molar-refractivity contribution in [3.8, 4) is 0 Å². The first-order valence-electron chi connectivity index (χ1n) is 4.18. The quantitative estimate of drug-likeness (QED) is 0.464. The Bertz CT molecular complexity index is 130. The molecule has 3 atom stereocenters. The van der Waals surface area contributed by atoms with Crippen LogP contribution in [0.4, 0.5) is 0 Å². The predicted molar refractivity (Wildman–Crippen MR) is 47.8 cm³/mol. The number of likely N-dealkylation sites (N-methyl/N-ethyl adjacent to an activating group) is 1. The van der Waals surface area contributed by atoms with E-state index < -0.39 is 12.1 Å². The highest BCUT2D eigenvalue weighted by molar-refractivity contribution is 5.56. The number of rotatable bonds is 6. The Balaban J connectivity index is 3.55. The molecule has 0 unspecified atom stereocenters. The largest absolute Gasteiger partial charge is 0.392 e. The van der Waals surface area contributed by atoms with Crippen molar-refractivity contribution in [2.24, 2.45) is 5.73 Å². The summed E-state index contributed by atoms with van der Waals surface area (Å²) in [5.74, 6) is 0. The second-order valence-corrected chi connectivity index (χ2v) is 3.02. The van der Waals surface area contributed by atoms with Crippen molar-refractivity contribution in [3.63, 3.8) is 0 Å². The monoisotopic (exact) mass is 174 g/mol. The molecule has 0 aromatic heterocycles. The molecule has 0 spiro atoms. The zero-order valence-corrected chi connectivity index (χ0v) is 7.66. The maximum Gasteiger partial charge on any atom is 0.136 e. The van der Waals surface area contributed by atoms with E-state index in [1.165, 1.54) is 0 Å². The highest BCUT2D eigenvalue weighted by atomic mass is 16.3. The van der Waals surface area contributed by atoms with Crippen molar-refractivity contribution >= 4 is 6.29 Å². The number of aldehydes is 1. The minimum absolute atomic E-state index is 0.0452. The Labute approximate surface area is 73.1 Å². The molecule has 0 rings (SSSR count). The molecule has 0 aromatic rings. The molecule has 0 bridgehead atoms. The van der Waals surface area contributed by atoms with E-state index in [0.29, 0.717) is 19.1 Å². The summed E-state index contributed by atoms with van der Waals surface area (Å²) < 4.78 is 0. The summed E-state index contributed by atoms with van der Waals surface area (Å²) in [4.78, 5) is 10.1. The molecular weight excluding hydrogens is 156 g/mol. The summed E-state index contributed by atoms with van der Waals surface area (Å²) >= 11 is 0. The molecule has 0 radical (unpaired) electrons. The topological polar surface area (TPSA) is 75.3 Å². The molecule has 0 aliphatic carbocycles. The van der Waals surface area contributed by atoms with Gasteiger partial charge in [-0.3, -0.25) is 0 Å². The minimum Gasteiger partial charge on any atom is -0.392 e. The molecule has 12 heavy (non-hydrogen) atoms. The van der Waals surface area contributed by atoms with Gasteiger partial charge in [-0.2, -0.15) is 0 Å². The highest BCUT2D eigenvalue weighted by Gasteiger charge is 2.12. The van der Waals surface area contributed by atoms with Gasteiger partial charge in [0, 0.05) is 6.04 Å². The zero-order chi connectivity index (χ0) is 9.56. The van der Waals surface area contributed by atoms with E-state index in [9.17, 15) is 9.90 Å². The van der Waals surface area contributed by atoms with Crippen LogP contribution in [0.3, 0.4) is 0 Å². The number of carbonyl (C=O) groups is 1. The lowest BCUT2D eigenvalue weighted by molar-refractivity contribution is -0.109. The Kier molecular flexibility index (Phi) is 5.88. The summed E-state index contributed by atoms with van der Waals surface area (Å²) in [5, 5.41) is 12.4. The summed E-state index contributed by atoms with van der Waals surface area (Å²) in [7, 11) is 1.79. The van der Waals surface area contributed by atoms with E-state index in [4.69, 9.17) is 5.73 Å². The van der Waals surface area contributed by atoms with Crippen LogP contribution in [0.15, 0.2) is 0 Å². The Morgan fingerprint density at radius 3 is 2.58 bits per heavy atom. The predicted octanol–water partition coefficient (Wildman–Crippen LogP) is -0.738. The van der Waals surface area contributed by atoms with Crippen LogP contribution in [0.1, 0.15) is 19.8 Å². The molecule has 0 amide bonds. The molecule has 4 heteroatoms. The van der Waals surface area contributed by atoms with Crippen LogP contribution in [0.25, 0.3) is 0 Å². The summed E-state index contributed by atoms with van der Waals surface area (Å²) in [6, 6.07) is -0.396. The van der Waals surface area contributed by atoms with Crippen LogP contribution >= 0.6 is 0 Å². The molecule has 0 aliphatic heterocycles. The van der Waals surface area contributed by atoms with Crippen molar-refractivity contribution in [2.45, 2.75) is 38.0 Å². The first-order chi connectivity index (χ1) is 5.61. The maximum absolute atomic E-state index is 10.1. The van der Waals surface area contributed by atoms with Gasteiger partial charge in [-0.05, 0) is 26.8 Å². The van der Waals surface area contributed by atoms with Crippen molar-refractivity contribution in [3.05, 3.63) is 0 Å². The average molecular weight is 174 g/mol. The van der Waals surface area contributed by atoms with E-state index in [2.05, 4.69) is 5.32 Å². The first kappa shape index (κ1) is 11.6. The van der Waals surface area contributed by atoms with Crippen molar-refractivity contribution in [2.75, 3.05) is 7.05 Å². The van der Waals surface area contributed by atoms with Gasteiger partial charge in [0.1, 0.15) is 6.29 Å². The number of nitrogens with two attached hydrogens (primary N) is 1. The van der Waals surface area contributed by atoms with Crippen LogP contribution in [-0.2, 0) is 4.79 Å². The maximum atomic E-state index is 10.1. The molecular formula is C8H18N2O2. The van der Waals surface area contributed by atoms with E-state index in [-0.39, 0.29) is 6.04 Å². The molecule has 0 saturated carbocycles. The van der Waals surface area contributed by atoms with Crippen LogP contribution in [0, 0.1) is 0 Å². The van der Waals surface area contributed by atoms with Crippen molar-refractivity contribution in [1.82, 2.24) is 5.32 Å². The van der Waals surface area contributed by atoms with Gasteiger partial charge >= 0.3 is 0 Å². The third-order valence-electron chi connectivity index (χ3n) is 2.00. The fourth-order valence-electron chi connectivity index (χ4n) is 0.874. The third kappa shape index (κ3) is 4.43. The lowest BCUT2D eigenvalue weighted by Gasteiger charge is -2.18. The number of aliphatic hydroxyl groups excluding tert-OH is 1. The average Bonchev–Trinajstić information content (AvgIpc) is 2.11. The molecule has 0 heterocycles. The molecule has 0 aromatic carbocycles. The Hall–Kier alpha value is -0.450. The fraction of sp³-hybridized carbons (Fsp3) is 0.875.